The molecule has 5 aromatic rings. The first-order valence-corrected chi connectivity index (χ1v) is 10.4. The Morgan fingerprint density at radius 1 is 0.862 bits per heavy atom. The average molecular weight is 398 g/mol. The maximum absolute atomic E-state index is 12.5. The smallest absolute Gasteiger partial charge is 0.274 e. The number of thioether (sulfide) groups is 1. The van der Waals surface area contributed by atoms with Gasteiger partial charge in [-0.3, -0.25) is 9.89 Å². The standard InChI is InChI=1S/C23H18N4OS/c28-22-14-19(15-29-20-11-10-17-8-4-5-9-18(17)13-20)24-23-25-21(26-27(22)23)12-16-6-2-1-3-7-16/h1-11,13-14H,12,15H2,(H,24,25,26). The van der Waals surface area contributed by atoms with Crippen LogP contribution in [0.5, 0.6) is 0 Å². The van der Waals surface area contributed by atoms with Gasteiger partial charge in [0.05, 0.1) is 5.69 Å². The summed E-state index contributed by atoms with van der Waals surface area (Å²) < 4.78 is 1.41. The summed E-state index contributed by atoms with van der Waals surface area (Å²) in [5.74, 6) is 1.75. The lowest BCUT2D eigenvalue weighted by Crippen LogP contribution is -2.15. The zero-order valence-electron chi connectivity index (χ0n) is 15.6. The van der Waals surface area contributed by atoms with Crippen LogP contribution < -0.4 is 5.56 Å². The molecule has 0 radical (unpaired) electrons. The number of fused-ring (bicyclic) bond motifs is 2. The van der Waals surface area contributed by atoms with Crippen molar-refractivity contribution in [2.24, 2.45) is 0 Å². The van der Waals surface area contributed by atoms with E-state index >= 15 is 0 Å². The lowest BCUT2D eigenvalue weighted by atomic mass is 10.1. The highest BCUT2D eigenvalue weighted by molar-refractivity contribution is 7.98. The van der Waals surface area contributed by atoms with Gasteiger partial charge in [0.25, 0.3) is 11.3 Å². The van der Waals surface area contributed by atoms with Crippen LogP contribution in [0.2, 0.25) is 0 Å². The Hall–Kier alpha value is -3.38. The van der Waals surface area contributed by atoms with Gasteiger partial charge in [0.1, 0.15) is 5.82 Å². The first-order chi connectivity index (χ1) is 14.2. The summed E-state index contributed by atoms with van der Waals surface area (Å²) in [6, 6.07) is 26.3. The predicted molar refractivity (Wildman–Crippen MR) is 116 cm³/mol. The minimum atomic E-state index is -0.143. The Labute approximate surface area is 171 Å². The fourth-order valence-electron chi connectivity index (χ4n) is 3.33. The van der Waals surface area contributed by atoms with E-state index in [-0.39, 0.29) is 5.56 Å². The van der Waals surface area contributed by atoms with E-state index in [1.165, 1.54) is 15.3 Å². The number of nitrogens with one attached hydrogen (secondary N) is 1. The van der Waals surface area contributed by atoms with Gasteiger partial charge in [-0.05, 0) is 28.5 Å². The molecule has 2 aromatic heterocycles. The highest BCUT2D eigenvalue weighted by Crippen LogP contribution is 2.25. The number of H-pyrrole nitrogens is 1. The van der Waals surface area contributed by atoms with E-state index in [0.29, 0.717) is 18.0 Å². The summed E-state index contributed by atoms with van der Waals surface area (Å²) in [6.07, 6.45) is 0.630. The van der Waals surface area contributed by atoms with Crippen LogP contribution in [-0.4, -0.2) is 19.6 Å². The minimum Gasteiger partial charge on any atom is -0.275 e. The zero-order chi connectivity index (χ0) is 19.6. The van der Waals surface area contributed by atoms with Crippen LogP contribution in [-0.2, 0) is 12.2 Å². The number of rotatable bonds is 5. The van der Waals surface area contributed by atoms with Gasteiger partial charge >= 0.3 is 0 Å². The molecule has 0 atom stereocenters. The van der Waals surface area contributed by atoms with Crippen molar-refractivity contribution in [1.82, 2.24) is 19.6 Å². The third-order valence-electron chi connectivity index (χ3n) is 4.75. The molecule has 0 aliphatic carbocycles. The molecule has 0 saturated heterocycles. The number of benzene rings is 3. The SMILES string of the molecule is O=c1cc(CSc2ccc3ccccc3c2)nc2nc(Cc3ccccc3)[nH]n12. The predicted octanol–water partition coefficient (Wildman–Crippen LogP) is 4.45. The van der Waals surface area contributed by atoms with Gasteiger partial charge in [-0.15, -0.1) is 11.8 Å². The van der Waals surface area contributed by atoms with Gasteiger partial charge in [-0.25, -0.2) is 4.98 Å². The quantitative estimate of drug-likeness (QED) is 0.444. The van der Waals surface area contributed by atoms with Crippen molar-refractivity contribution in [2.45, 2.75) is 17.1 Å². The summed E-state index contributed by atoms with van der Waals surface area (Å²) in [5, 5.41) is 5.48. The second-order valence-corrected chi connectivity index (χ2v) is 7.90. The van der Waals surface area contributed by atoms with Crippen molar-refractivity contribution < 1.29 is 0 Å². The molecule has 2 heterocycles. The molecule has 0 unspecified atom stereocenters. The third-order valence-corrected chi connectivity index (χ3v) is 5.78. The molecule has 142 valence electrons. The average Bonchev–Trinajstić information content (AvgIpc) is 3.16. The lowest BCUT2D eigenvalue weighted by Gasteiger charge is -2.04. The van der Waals surface area contributed by atoms with Crippen molar-refractivity contribution in [3.05, 3.63) is 106 Å². The van der Waals surface area contributed by atoms with Gasteiger partial charge < -0.3 is 0 Å². The zero-order valence-corrected chi connectivity index (χ0v) is 16.4. The van der Waals surface area contributed by atoms with Crippen LogP contribution >= 0.6 is 11.8 Å². The van der Waals surface area contributed by atoms with Crippen LogP contribution in [0.25, 0.3) is 16.6 Å². The topological polar surface area (TPSA) is 63.0 Å². The molecule has 5 rings (SSSR count). The van der Waals surface area contributed by atoms with Crippen LogP contribution in [0.15, 0.2) is 88.6 Å². The molecule has 0 aliphatic rings. The first-order valence-electron chi connectivity index (χ1n) is 9.38. The number of hydrogen-bond donors (Lipinski definition) is 1. The van der Waals surface area contributed by atoms with Gasteiger partial charge in [-0.1, -0.05) is 60.7 Å². The molecule has 0 saturated carbocycles. The van der Waals surface area contributed by atoms with Crippen molar-refractivity contribution in [1.29, 1.82) is 0 Å². The van der Waals surface area contributed by atoms with E-state index < -0.39 is 0 Å². The van der Waals surface area contributed by atoms with Crippen molar-refractivity contribution in [2.75, 3.05) is 0 Å². The Kier molecular flexibility index (Phi) is 4.62. The van der Waals surface area contributed by atoms with Crippen LogP contribution in [0.3, 0.4) is 0 Å². The molecule has 0 spiro atoms. The fraction of sp³-hybridized carbons (Fsp3) is 0.0870. The van der Waals surface area contributed by atoms with Gasteiger partial charge in [0.15, 0.2) is 0 Å². The molecule has 0 bridgehead atoms. The number of nitrogens with zero attached hydrogens (tertiary/aromatic N) is 3. The Morgan fingerprint density at radius 3 is 2.52 bits per heavy atom. The minimum absolute atomic E-state index is 0.143. The van der Waals surface area contributed by atoms with Crippen LogP contribution in [0, 0.1) is 0 Å². The normalized spacial score (nSPS) is 11.3. The lowest BCUT2D eigenvalue weighted by molar-refractivity contribution is 0.856. The van der Waals surface area contributed by atoms with E-state index in [2.05, 4.69) is 45.4 Å². The summed E-state index contributed by atoms with van der Waals surface area (Å²) in [4.78, 5) is 22.7. The third kappa shape index (κ3) is 3.79. The highest BCUT2D eigenvalue weighted by atomic mass is 32.2. The van der Waals surface area contributed by atoms with Gasteiger partial charge in [0.2, 0.25) is 0 Å². The number of aromatic amines is 1. The second kappa shape index (κ2) is 7.56. The van der Waals surface area contributed by atoms with Crippen LogP contribution in [0.4, 0.5) is 0 Å². The molecule has 0 fully saturated rings. The van der Waals surface area contributed by atoms with E-state index in [0.717, 1.165) is 22.0 Å². The van der Waals surface area contributed by atoms with E-state index in [1.807, 2.05) is 42.5 Å². The molecule has 0 aliphatic heterocycles. The van der Waals surface area contributed by atoms with Crippen molar-refractivity contribution in [3.8, 4) is 0 Å². The van der Waals surface area contributed by atoms with Gasteiger partial charge in [-0.2, -0.15) is 9.50 Å². The van der Waals surface area contributed by atoms with E-state index in [1.54, 1.807) is 17.8 Å². The summed E-state index contributed by atoms with van der Waals surface area (Å²) in [6.45, 7) is 0. The highest BCUT2D eigenvalue weighted by Gasteiger charge is 2.09. The Morgan fingerprint density at radius 2 is 1.66 bits per heavy atom. The first kappa shape index (κ1) is 17.7. The molecule has 3 aromatic carbocycles. The Balaban J connectivity index is 1.37. The maximum atomic E-state index is 12.5. The largest absolute Gasteiger partial charge is 0.275 e. The monoisotopic (exact) mass is 398 g/mol. The molecule has 29 heavy (non-hydrogen) atoms. The molecular formula is C23H18N4OS. The molecular weight excluding hydrogens is 380 g/mol. The molecule has 1 N–H and O–H groups in total. The van der Waals surface area contributed by atoms with Crippen LogP contribution in [0.1, 0.15) is 17.1 Å². The van der Waals surface area contributed by atoms with Crippen molar-refractivity contribution >= 4 is 28.3 Å². The summed E-state index contributed by atoms with van der Waals surface area (Å²) in [5.41, 5.74) is 1.72. The summed E-state index contributed by atoms with van der Waals surface area (Å²) >= 11 is 1.67. The summed E-state index contributed by atoms with van der Waals surface area (Å²) in [7, 11) is 0. The Bertz CT molecular complexity index is 1360. The van der Waals surface area contributed by atoms with E-state index in [4.69, 9.17) is 0 Å². The second-order valence-electron chi connectivity index (χ2n) is 6.85. The fourth-order valence-corrected chi connectivity index (χ4v) is 4.16. The van der Waals surface area contributed by atoms with E-state index in [9.17, 15) is 4.79 Å². The van der Waals surface area contributed by atoms with Crippen molar-refractivity contribution in [3.63, 3.8) is 0 Å². The number of hydrogen-bond acceptors (Lipinski definition) is 4. The maximum Gasteiger partial charge on any atom is 0.274 e. The molecule has 6 heteroatoms. The molecule has 5 nitrogen and oxygen atoms in total. The van der Waals surface area contributed by atoms with Gasteiger partial charge in [0, 0.05) is 23.1 Å². The molecule has 0 amide bonds. The number of aromatic nitrogens is 4.